The number of nitrogens with one attached hydrogen (secondary N) is 1. The van der Waals surface area contributed by atoms with Crippen LogP contribution in [0.15, 0.2) is 0 Å². The van der Waals surface area contributed by atoms with Crippen LogP contribution in [-0.4, -0.2) is 57.0 Å². The van der Waals surface area contributed by atoms with E-state index in [4.69, 9.17) is 0 Å². The molecule has 0 saturated heterocycles. The SMILES string of the molecule is CCS(=O)(=O)CCCNCC(C)N(C)C1CC1. The first-order chi connectivity index (χ1) is 7.96. The molecule has 1 aliphatic rings. The predicted molar refractivity (Wildman–Crippen MR) is 72.1 cm³/mol. The Hall–Kier alpha value is -0.130. The van der Waals surface area contributed by atoms with Crippen LogP contribution in [0, 0.1) is 0 Å². The minimum atomic E-state index is -2.79. The molecule has 0 heterocycles. The van der Waals surface area contributed by atoms with Gasteiger partial charge in [0.1, 0.15) is 9.84 Å². The van der Waals surface area contributed by atoms with Crippen LogP contribution in [-0.2, 0) is 9.84 Å². The molecule has 1 aliphatic carbocycles. The summed E-state index contributed by atoms with van der Waals surface area (Å²) in [5.41, 5.74) is 0. The van der Waals surface area contributed by atoms with Crippen molar-refractivity contribution in [3.8, 4) is 0 Å². The molecule has 17 heavy (non-hydrogen) atoms. The fourth-order valence-electron chi connectivity index (χ4n) is 1.86. The Bertz CT molecular complexity index is 312. The van der Waals surface area contributed by atoms with E-state index < -0.39 is 9.84 Å². The van der Waals surface area contributed by atoms with E-state index >= 15 is 0 Å². The maximum Gasteiger partial charge on any atom is 0.150 e. The predicted octanol–water partition coefficient (Wildman–Crippen LogP) is 0.884. The number of hydrogen-bond donors (Lipinski definition) is 1. The zero-order chi connectivity index (χ0) is 12.9. The monoisotopic (exact) mass is 262 g/mol. The van der Waals surface area contributed by atoms with Gasteiger partial charge >= 0.3 is 0 Å². The maximum atomic E-state index is 11.3. The summed E-state index contributed by atoms with van der Waals surface area (Å²) in [5, 5.41) is 3.34. The zero-order valence-electron chi connectivity index (χ0n) is 11.3. The molecule has 0 amide bonds. The molecule has 1 saturated carbocycles. The van der Waals surface area contributed by atoms with E-state index in [1.54, 1.807) is 6.92 Å². The molecule has 0 spiro atoms. The molecule has 1 N–H and O–H groups in total. The molecule has 0 aromatic rings. The van der Waals surface area contributed by atoms with E-state index in [1.807, 2.05) is 0 Å². The summed E-state index contributed by atoms with van der Waals surface area (Å²) in [6, 6.07) is 1.32. The molecule has 5 heteroatoms. The summed E-state index contributed by atoms with van der Waals surface area (Å²) >= 11 is 0. The van der Waals surface area contributed by atoms with Crippen LogP contribution in [0.2, 0.25) is 0 Å². The second-order valence-corrected chi connectivity index (χ2v) is 7.51. The lowest BCUT2D eigenvalue weighted by Gasteiger charge is -2.24. The molecule has 0 radical (unpaired) electrons. The minimum absolute atomic E-state index is 0.258. The second-order valence-electron chi connectivity index (χ2n) is 5.04. The van der Waals surface area contributed by atoms with Gasteiger partial charge in [0.25, 0.3) is 0 Å². The molecule has 102 valence electrons. The van der Waals surface area contributed by atoms with Gasteiger partial charge in [-0.1, -0.05) is 6.92 Å². The third kappa shape index (κ3) is 5.84. The molecule has 1 rings (SSSR count). The van der Waals surface area contributed by atoms with Crippen molar-refractivity contribution in [1.29, 1.82) is 0 Å². The van der Waals surface area contributed by atoms with Crippen molar-refractivity contribution in [2.45, 2.75) is 45.2 Å². The lowest BCUT2D eigenvalue weighted by molar-refractivity contribution is 0.241. The molecule has 1 unspecified atom stereocenters. The number of nitrogens with zero attached hydrogens (tertiary/aromatic N) is 1. The smallest absolute Gasteiger partial charge is 0.150 e. The number of rotatable bonds is 9. The van der Waals surface area contributed by atoms with Gasteiger partial charge < -0.3 is 5.32 Å². The van der Waals surface area contributed by atoms with Crippen molar-refractivity contribution in [2.24, 2.45) is 0 Å². The Morgan fingerprint density at radius 3 is 2.59 bits per heavy atom. The Labute approximate surface area is 106 Å². The standard InChI is InChI=1S/C12H26N2O2S/c1-4-17(15,16)9-5-8-13-10-11(2)14(3)12-6-7-12/h11-13H,4-10H2,1-3H3. The minimum Gasteiger partial charge on any atom is -0.315 e. The Kier molecular flexibility index (Phi) is 5.89. The molecule has 4 nitrogen and oxygen atoms in total. The van der Waals surface area contributed by atoms with E-state index in [1.165, 1.54) is 12.8 Å². The van der Waals surface area contributed by atoms with Crippen molar-refractivity contribution in [3.05, 3.63) is 0 Å². The second kappa shape index (κ2) is 6.71. The van der Waals surface area contributed by atoms with Crippen LogP contribution in [0.25, 0.3) is 0 Å². The lowest BCUT2D eigenvalue weighted by atomic mass is 10.3. The summed E-state index contributed by atoms with van der Waals surface area (Å²) in [6.45, 7) is 5.66. The summed E-state index contributed by atoms with van der Waals surface area (Å²) < 4.78 is 22.5. The van der Waals surface area contributed by atoms with Crippen LogP contribution in [0.5, 0.6) is 0 Å². The molecule has 1 fully saturated rings. The van der Waals surface area contributed by atoms with Gasteiger partial charge in [0.05, 0.1) is 5.75 Å². The molecular formula is C12H26N2O2S. The van der Waals surface area contributed by atoms with Gasteiger partial charge in [0.15, 0.2) is 0 Å². The molecule has 0 bridgehead atoms. The fraction of sp³-hybridized carbons (Fsp3) is 1.00. The fourth-order valence-corrected chi connectivity index (χ4v) is 2.73. The molecule has 1 atom stereocenters. The van der Waals surface area contributed by atoms with Gasteiger partial charge in [-0.25, -0.2) is 8.42 Å². The number of hydrogen-bond acceptors (Lipinski definition) is 4. The van der Waals surface area contributed by atoms with Crippen molar-refractivity contribution in [2.75, 3.05) is 31.6 Å². The van der Waals surface area contributed by atoms with Crippen molar-refractivity contribution >= 4 is 9.84 Å². The van der Waals surface area contributed by atoms with Gasteiger partial charge in [0, 0.05) is 24.4 Å². The van der Waals surface area contributed by atoms with Crippen LogP contribution >= 0.6 is 0 Å². The van der Waals surface area contributed by atoms with E-state index in [-0.39, 0.29) is 5.75 Å². The summed E-state index contributed by atoms with van der Waals surface area (Å²) in [6.07, 6.45) is 3.38. The van der Waals surface area contributed by atoms with E-state index in [2.05, 4.69) is 24.2 Å². The van der Waals surface area contributed by atoms with E-state index in [0.29, 0.717) is 11.8 Å². The third-order valence-electron chi connectivity index (χ3n) is 3.51. The zero-order valence-corrected chi connectivity index (χ0v) is 12.1. The number of likely N-dealkylation sites (N-methyl/N-ethyl adjacent to an activating group) is 1. The Morgan fingerprint density at radius 2 is 2.06 bits per heavy atom. The quantitative estimate of drug-likeness (QED) is 0.627. The van der Waals surface area contributed by atoms with Crippen LogP contribution < -0.4 is 5.32 Å². The highest BCUT2D eigenvalue weighted by atomic mass is 32.2. The maximum absolute atomic E-state index is 11.3. The van der Waals surface area contributed by atoms with E-state index in [9.17, 15) is 8.42 Å². The number of sulfone groups is 1. The van der Waals surface area contributed by atoms with Crippen LogP contribution in [0.1, 0.15) is 33.1 Å². The third-order valence-corrected chi connectivity index (χ3v) is 5.30. The summed E-state index contributed by atoms with van der Waals surface area (Å²) in [5.74, 6) is 0.567. The highest BCUT2D eigenvalue weighted by Gasteiger charge is 2.28. The first-order valence-corrected chi connectivity index (χ1v) is 8.41. The van der Waals surface area contributed by atoms with Crippen LogP contribution in [0.3, 0.4) is 0 Å². The van der Waals surface area contributed by atoms with Gasteiger partial charge in [0.2, 0.25) is 0 Å². The Morgan fingerprint density at radius 1 is 1.41 bits per heavy atom. The van der Waals surface area contributed by atoms with Gasteiger partial charge in [-0.15, -0.1) is 0 Å². The topological polar surface area (TPSA) is 49.4 Å². The lowest BCUT2D eigenvalue weighted by Crippen LogP contribution is -2.39. The Balaban J connectivity index is 2.03. The van der Waals surface area contributed by atoms with Gasteiger partial charge in [-0.2, -0.15) is 0 Å². The summed E-state index contributed by atoms with van der Waals surface area (Å²) in [7, 11) is -0.618. The normalized spacial score (nSPS) is 18.6. The highest BCUT2D eigenvalue weighted by molar-refractivity contribution is 7.91. The average Bonchev–Trinajstić information content (AvgIpc) is 3.11. The van der Waals surface area contributed by atoms with Gasteiger partial charge in [-0.05, 0) is 39.8 Å². The summed E-state index contributed by atoms with van der Waals surface area (Å²) in [4.78, 5) is 2.41. The van der Waals surface area contributed by atoms with E-state index in [0.717, 1.165) is 25.6 Å². The van der Waals surface area contributed by atoms with Crippen molar-refractivity contribution < 1.29 is 8.42 Å². The first kappa shape index (κ1) is 14.9. The largest absolute Gasteiger partial charge is 0.315 e. The first-order valence-electron chi connectivity index (χ1n) is 6.59. The molecule has 0 aromatic heterocycles. The van der Waals surface area contributed by atoms with Crippen LogP contribution in [0.4, 0.5) is 0 Å². The molecule has 0 aliphatic heterocycles. The molecular weight excluding hydrogens is 236 g/mol. The molecule has 0 aromatic carbocycles. The average molecular weight is 262 g/mol. The van der Waals surface area contributed by atoms with Gasteiger partial charge in [-0.3, -0.25) is 4.90 Å². The van der Waals surface area contributed by atoms with Crippen molar-refractivity contribution in [3.63, 3.8) is 0 Å². The highest BCUT2D eigenvalue weighted by Crippen LogP contribution is 2.26. The van der Waals surface area contributed by atoms with Crippen molar-refractivity contribution in [1.82, 2.24) is 10.2 Å².